The number of carbonyl (C=O) groups excluding carboxylic acids is 3. The summed E-state index contributed by atoms with van der Waals surface area (Å²) in [6.07, 6.45) is -8.48. The van der Waals surface area contributed by atoms with Crippen molar-refractivity contribution in [2.45, 2.75) is 72.3 Å². The van der Waals surface area contributed by atoms with Gasteiger partial charge in [0.05, 0.1) is 16.4 Å². The SMILES string of the molecule is CC(C)(C)C(=O)OC[C@H]1O[C@H](F)[C@@H](OC(=O)c2ccccc2)[C@@H](OC(=O)C(C)(C)C)[C@@H]1O. The molecule has 0 unspecified atom stereocenters. The van der Waals surface area contributed by atoms with Gasteiger partial charge in [-0.2, -0.15) is 0 Å². The Labute approximate surface area is 187 Å². The van der Waals surface area contributed by atoms with Crippen molar-refractivity contribution in [3.63, 3.8) is 0 Å². The molecule has 178 valence electrons. The summed E-state index contributed by atoms with van der Waals surface area (Å²) in [6.45, 7) is 9.19. The van der Waals surface area contributed by atoms with Gasteiger partial charge in [-0.15, -0.1) is 0 Å². The average Bonchev–Trinajstić information content (AvgIpc) is 2.70. The Morgan fingerprint density at radius 3 is 2.03 bits per heavy atom. The number of benzene rings is 1. The number of aliphatic hydroxyl groups excluding tert-OH is 1. The molecule has 0 spiro atoms. The maximum Gasteiger partial charge on any atom is 0.338 e. The highest BCUT2D eigenvalue weighted by Crippen LogP contribution is 2.30. The second-order valence-electron chi connectivity index (χ2n) is 9.72. The van der Waals surface area contributed by atoms with Crippen molar-refractivity contribution < 1.29 is 42.8 Å². The van der Waals surface area contributed by atoms with E-state index in [1.807, 2.05) is 0 Å². The highest BCUT2D eigenvalue weighted by molar-refractivity contribution is 5.89. The standard InChI is InChI=1S/C23H31FO8/c1-22(2,3)20(27)29-12-14-15(25)16(32-21(28)23(4,5)6)17(18(24)30-14)31-19(26)13-10-8-7-9-11-13/h7-11,14-18,25H,12H2,1-6H3/t14-,15-,16+,17+,18+/m1/s1. The van der Waals surface area contributed by atoms with Gasteiger partial charge < -0.3 is 24.1 Å². The van der Waals surface area contributed by atoms with E-state index in [0.717, 1.165) is 0 Å². The third-order valence-corrected chi connectivity index (χ3v) is 4.70. The van der Waals surface area contributed by atoms with Crippen molar-refractivity contribution in [1.82, 2.24) is 0 Å². The van der Waals surface area contributed by atoms with Gasteiger partial charge in [-0.05, 0) is 53.7 Å². The van der Waals surface area contributed by atoms with Crippen LogP contribution in [0.2, 0.25) is 0 Å². The molecular formula is C23H31FO8. The summed E-state index contributed by atoms with van der Waals surface area (Å²) in [5.74, 6) is -2.19. The molecule has 32 heavy (non-hydrogen) atoms. The van der Waals surface area contributed by atoms with Crippen LogP contribution < -0.4 is 0 Å². The normalized spacial score (nSPS) is 26.2. The van der Waals surface area contributed by atoms with Crippen LogP contribution in [0.15, 0.2) is 30.3 Å². The molecule has 1 saturated heterocycles. The van der Waals surface area contributed by atoms with Crippen molar-refractivity contribution in [3.8, 4) is 0 Å². The minimum absolute atomic E-state index is 0.149. The third-order valence-electron chi connectivity index (χ3n) is 4.70. The Morgan fingerprint density at radius 1 is 0.938 bits per heavy atom. The fourth-order valence-corrected chi connectivity index (χ4v) is 2.72. The molecule has 1 N–H and O–H groups in total. The zero-order valence-electron chi connectivity index (χ0n) is 19.2. The molecule has 0 bridgehead atoms. The smallest absolute Gasteiger partial charge is 0.338 e. The summed E-state index contributed by atoms with van der Waals surface area (Å²) in [5, 5.41) is 10.8. The van der Waals surface area contributed by atoms with Crippen molar-refractivity contribution in [2.24, 2.45) is 10.8 Å². The van der Waals surface area contributed by atoms with Gasteiger partial charge in [0, 0.05) is 0 Å². The van der Waals surface area contributed by atoms with Crippen molar-refractivity contribution in [2.75, 3.05) is 6.61 Å². The molecule has 0 saturated carbocycles. The first-order valence-electron chi connectivity index (χ1n) is 10.3. The van der Waals surface area contributed by atoms with Crippen molar-refractivity contribution in [3.05, 3.63) is 35.9 Å². The number of ether oxygens (including phenoxy) is 4. The summed E-state index contributed by atoms with van der Waals surface area (Å²) in [7, 11) is 0. The number of hydrogen-bond acceptors (Lipinski definition) is 8. The highest BCUT2D eigenvalue weighted by Gasteiger charge is 2.51. The maximum atomic E-state index is 15.0. The molecule has 0 aliphatic carbocycles. The molecule has 9 heteroatoms. The molecule has 1 aliphatic rings. The summed E-state index contributed by atoms with van der Waals surface area (Å²) in [5.41, 5.74) is -1.64. The topological polar surface area (TPSA) is 108 Å². The molecule has 1 heterocycles. The minimum atomic E-state index is -2.23. The molecule has 0 radical (unpaired) electrons. The first-order chi connectivity index (χ1) is 14.7. The van der Waals surface area contributed by atoms with E-state index >= 15 is 0 Å². The van der Waals surface area contributed by atoms with Gasteiger partial charge in [0.25, 0.3) is 0 Å². The van der Waals surface area contributed by atoms with E-state index in [2.05, 4.69) is 0 Å². The van der Waals surface area contributed by atoms with Crippen LogP contribution >= 0.6 is 0 Å². The fourth-order valence-electron chi connectivity index (χ4n) is 2.72. The van der Waals surface area contributed by atoms with E-state index in [1.54, 1.807) is 59.7 Å². The molecule has 1 aromatic rings. The van der Waals surface area contributed by atoms with Gasteiger partial charge in [0.2, 0.25) is 6.36 Å². The number of aliphatic hydroxyl groups is 1. The third kappa shape index (κ3) is 6.49. The second-order valence-corrected chi connectivity index (χ2v) is 9.72. The van der Waals surface area contributed by atoms with Gasteiger partial charge in [-0.1, -0.05) is 18.2 Å². The van der Waals surface area contributed by atoms with Crippen LogP contribution in [0.4, 0.5) is 4.39 Å². The predicted octanol–water partition coefficient (Wildman–Crippen LogP) is 2.81. The number of rotatable bonds is 5. The first-order valence-corrected chi connectivity index (χ1v) is 10.3. The zero-order chi connectivity index (χ0) is 24.3. The fraction of sp³-hybridized carbons (Fsp3) is 0.609. The Kier molecular flexibility index (Phi) is 8.01. The number of hydrogen-bond donors (Lipinski definition) is 1. The van der Waals surface area contributed by atoms with Gasteiger partial charge >= 0.3 is 17.9 Å². The molecule has 2 rings (SSSR count). The van der Waals surface area contributed by atoms with Crippen LogP contribution in [0, 0.1) is 10.8 Å². The Hall–Kier alpha value is -2.52. The Balaban J connectivity index is 2.23. The molecule has 8 nitrogen and oxygen atoms in total. The van der Waals surface area contributed by atoms with Crippen LogP contribution in [-0.2, 0) is 28.5 Å². The van der Waals surface area contributed by atoms with E-state index < -0.39 is 66.1 Å². The lowest BCUT2D eigenvalue weighted by molar-refractivity contribution is -0.271. The van der Waals surface area contributed by atoms with Crippen LogP contribution in [-0.4, -0.2) is 60.4 Å². The van der Waals surface area contributed by atoms with Crippen molar-refractivity contribution in [1.29, 1.82) is 0 Å². The van der Waals surface area contributed by atoms with Crippen LogP contribution in [0.1, 0.15) is 51.9 Å². The molecule has 5 atom stereocenters. The number of halogens is 1. The summed E-state index contributed by atoms with van der Waals surface area (Å²) in [4.78, 5) is 37.0. The van der Waals surface area contributed by atoms with Gasteiger partial charge in [0.1, 0.15) is 18.8 Å². The summed E-state index contributed by atoms with van der Waals surface area (Å²) < 4.78 is 35.8. The molecule has 0 amide bonds. The Bertz CT molecular complexity index is 812. The lowest BCUT2D eigenvalue weighted by Gasteiger charge is -2.41. The van der Waals surface area contributed by atoms with Gasteiger partial charge in [-0.3, -0.25) is 9.59 Å². The molecule has 1 aliphatic heterocycles. The van der Waals surface area contributed by atoms with E-state index in [1.165, 1.54) is 12.1 Å². The number of esters is 3. The molecular weight excluding hydrogens is 423 g/mol. The lowest BCUT2D eigenvalue weighted by Crippen LogP contribution is -2.60. The van der Waals surface area contributed by atoms with Crippen molar-refractivity contribution >= 4 is 17.9 Å². The van der Waals surface area contributed by atoms with E-state index in [4.69, 9.17) is 18.9 Å². The largest absolute Gasteiger partial charge is 0.462 e. The quantitative estimate of drug-likeness (QED) is 0.535. The highest BCUT2D eigenvalue weighted by atomic mass is 19.1. The summed E-state index contributed by atoms with van der Waals surface area (Å²) in [6, 6.07) is 7.85. The average molecular weight is 454 g/mol. The molecule has 1 aromatic carbocycles. The first kappa shape index (κ1) is 25.7. The van der Waals surface area contributed by atoms with Crippen LogP contribution in [0.25, 0.3) is 0 Å². The maximum absolute atomic E-state index is 15.0. The zero-order valence-corrected chi connectivity index (χ0v) is 19.2. The lowest BCUT2D eigenvalue weighted by atomic mass is 9.95. The van der Waals surface area contributed by atoms with E-state index in [-0.39, 0.29) is 5.56 Å². The second kappa shape index (κ2) is 9.95. The molecule has 0 aromatic heterocycles. The number of alkyl halides is 1. The van der Waals surface area contributed by atoms with E-state index in [9.17, 15) is 23.9 Å². The predicted molar refractivity (Wildman–Crippen MR) is 111 cm³/mol. The van der Waals surface area contributed by atoms with Crippen LogP contribution in [0.3, 0.4) is 0 Å². The van der Waals surface area contributed by atoms with Gasteiger partial charge in [-0.25, -0.2) is 9.18 Å². The van der Waals surface area contributed by atoms with Crippen LogP contribution in [0.5, 0.6) is 0 Å². The van der Waals surface area contributed by atoms with Gasteiger partial charge in [0.15, 0.2) is 12.2 Å². The monoisotopic (exact) mass is 454 g/mol. The van der Waals surface area contributed by atoms with E-state index in [0.29, 0.717) is 0 Å². The minimum Gasteiger partial charge on any atom is -0.462 e. The molecule has 1 fully saturated rings. The summed E-state index contributed by atoms with van der Waals surface area (Å²) >= 11 is 0. The Morgan fingerprint density at radius 2 is 1.50 bits per heavy atom. The number of carbonyl (C=O) groups is 3.